The Hall–Kier alpha value is -1.10. The van der Waals surface area contributed by atoms with Gasteiger partial charge in [-0.2, -0.15) is 0 Å². The standard InChI is InChI=1S/C13H8BrClN2S/c14-7-4-5-8(10(16)6-7)13-17-11-3-1-2-9(15)12(11)18-13/h1-6H,16H2. The minimum atomic E-state index is 0.708. The fourth-order valence-corrected chi connectivity index (χ4v) is 3.44. The highest BCUT2D eigenvalue weighted by Crippen LogP contribution is 2.37. The summed E-state index contributed by atoms with van der Waals surface area (Å²) in [6, 6.07) is 11.5. The van der Waals surface area contributed by atoms with Gasteiger partial charge in [0.1, 0.15) is 5.01 Å². The molecule has 1 heterocycles. The Morgan fingerprint density at radius 2 is 2.06 bits per heavy atom. The summed E-state index contributed by atoms with van der Waals surface area (Å²) in [6.45, 7) is 0. The second-order valence-electron chi connectivity index (χ2n) is 3.84. The van der Waals surface area contributed by atoms with Crippen molar-refractivity contribution in [1.29, 1.82) is 0 Å². The van der Waals surface area contributed by atoms with Crippen molar-refractivity contribution < 1.29 is 0 Å². The molecule has 0 aliphatic rings. The van der Waals surface area contributed by atoms with E-state index in [-0.39, 0.29) is 0 Å². The molecular formula is C13H8BrClN2S. The van der Waals surface area contributed by atoms with Crippen LogP contribution >= 0.6 is 38.9 Å². The molecule has 1 aromatic heterocycles. The molecular weight excluding hydrogens is 332 g/mol. The average Bonchev–Trinajstić information content (AvgIpc) is 2.74. The normalized spacial score (nSPS) is 11.0. The average molecular weight is 340 g/mol. The van der Waals surface area contributed by atoms with Crippen LogP contribution in [0.2, 0.25) is 5.02 Å². The van der Waals surface area contributed by atoms with Gasteiger partial charge in [-0.1, -0.05) is 33.6 Å². The zero-order chi connectivity index (χ0) is 12.7. The van der Waals surface area contributed by atoms with Crippen molar-refractivity contribution in [2.24, 2.45) is 0 Å². The number of fused-ring (bicyclic) bond motifs is 1. The van der Waals surface area contributed by atoms with Crippen LogP contribution in [0.15, 0.2) is 40.9 Å². The Labute approximate surface area is 122 Å². The third-order valence-corrected chi connectivity index (χ3v) is 4.67. The summed E-state index contributed by atoms with van der Waals surface area (Å²) >= 11 is 11.1. The number of anilines is 1. The molecule has 0 radical (unpaired) electrons. The molecule has 0 unspecified atom stereocenters. The van der Waals surface area contributed by atoms with Crippen LogP contribution in [-0.4, -0.2) is 4.98 Å². The molecule has 90 valence electrons. The molecule has 2 N–H and O–H groups in total. The molecule has 0 aliphatic heterocycles. The lowest BCUT2D eigenvalue weighted by Gasteiger charge is -2.01. The molecule has 0 fully saturated rings. The van der Waals surface area contributed by atoms with Gasteiger partial charge < -0.3 is 5.73 Å². The van der Waals surface area contributed by atoms with Crippen molar-refractivity contribution in [3.05, 3.63) is 45.9 Å². The second kappa shape index (κ2) is 4.53. The number of nitrogens with two attached hydrogens (primary N) is 1. The lowest BCUT2D eigenvalue weighted by molar-refractivity contribution is 1.47. The number of halogens is 2. The maximum absolute atomic E-state index is 6.15. The van der Waals surface area contributed by atoms with E-state index in [9.17, 15) is 0 Å². The van der Waals surface area contributed by atoms with Gasteiger partial charge in [0.15, 0.2) is 0 Å². The number of nitrogens with zero attached hydrogens (tertiary/aromatic N) is 1. The van der Waals surface area contributed by atoms with Gasteiger partial charge >= 0.3 is 0 Å². The van der Waals surface area contributed by atoms with Gasteiger partial charge in [0.2, 0.25) is 0 Å². The number of aromatic nitrogens is 1. The van der Waals surface area contributed by atoms with Gasteiger partial charge in [-0.25, -0.2) is 4.98 Å². The van der Waals surface area contributed by atoms with E-state index < -0.39 is 0 Å². The first-order chi connectivity index (χ1) is 8.65. The molecule has 0 spiro atoms. The van der Waals surface area contributed by atoms with E-state index in [1.165, 1.54) is 0 Å². The van der Waals surface area contributed by atoms with E-state index in [2.05, 4.69) is 20.9 Å². The monoisotopic (exact) mass is 338 g/mol. The van der Waals surface area contributed by atoms with Crippen molar-refractivity contribution in [3.8, 4) is 10.6 Å². The zero-order valence-corrected chi connectivity index (χ0v) is 12.3. The number of rotatable bonds is 1. The van der Waals surface area contributed by atoms with E-state index in [1.807, 2.05) is 36.4 Å². The molecule has 3 aromatic rings. The first kappa shape index (κ1) is 12.0. The van der Waals surface area contributed by atoms with Crippen molar-refractivity contribution in [3.63, 3.8) is 0 Å². The number of hydrogen-bond acceptors (Lipinski definition) is 3. The number of hydrogen-bond donors (Lipinski definition) is 1. The Morgan fingerprint density at radius 1 is 1.22 bits per heavy atom. The molecule has 18 heavy (non-hydrogen) atoms. The van der Waals surface area contributed by atoms with Crippen molar-refractivity contribution in [2.75, 3.05) is 5.73 Å². The Kier molecular flexibility index (Phi) is 3.01. The Balaban J connectivity index is 2.23. The summed E-state index contributed by atoms with van der Waals surface area (Å²) in [5.74, 6) is 0. The van der Waals surface area contributed by atoms with E-state index in [0.717, 1.165) is 30.3 Å². The van der Waals surface area contributed by atoms with Gasteiger partial charge in [0, 0.05) is 15.7 Å². The fraction of sp³-hybridized carbons (Fsp3) is 0. The van der Waals surface area contributed by atoms with Gasteiger partial charge in [0.25, 0.3) is 0 Å². The summed E-state index contributed by atoms with van der Waals surface area (Å²) in [6.07, 6.45) is 0. The minimum Gasteiger partial charge on any atom is -0.398 e. The molecule has 0 amide bonds. The highest BCUT2D eigenvalue weighted by molar-refractivity contribution is 9.10. The van der Waals surface area contributed by atoms with Gasteiger partial charge in [-0.15, -0.1) is 11.3 Å². The Bertz CT molecular complexity index is 739. The van der Waals surface area contributed by atoms with Crippen LogP contribution in [0.4, 0.5) is 5.69 Å². The summed E-state index contributed by atoms with van der Waals surface area (Å²) in [5.41, 5.74) is 8.57. The van der Waals surface area contributed by atoms with Crippen molar-refractivity contribution in [1.82, 2.24) is 4.98 Å². The molecule has 3 rings (SSSR count). The third kappa shape index (κ3) is 2.00. The maximum atomic E-state index is 6.15. The van der Waals surface area contributed by atoms with Crippen LogP contribution < -0.4 is 5.73 Å². The van der Waals surface area contributed by atoms with E-state index in [4.69, 9.17) is 17.3 Å². The molecule has 0 saturated heterocycles. The Morgan fingerprint density at radius 3 is 2.78 bits per heavy atom. The first-order valence-electron chi connectivity index (χ1n) is 5.25. The van der Waals surface area contributed by atoms with E-state index in [1.54, 1.807) is 11.3 Å². The van der Waals surface area contributed by atoms with Crippen LogP contribution in [0.3, 0.4) is 0 Å². The quantitative estimate of drug-likeness (QED) is 0.636. The molecule has 2 nitrogen and oxygen atoms in total. The van der Waals surface area contributed by atoms with Crippen LogP contribution in [0.1, 0.15) is 0 Å². The minimum absolute atomic E-state index is 0.708. The zero-order valence-electron chi connectivity index (χ0n) is 9.15. The number of nitrogen functional groups attached to an aromatic ring is 1. The predicted molar refractivity (Wildman–Crippen MR) is 82.2 cm³/mol. The smallest absolute Gasteiger partial charge is 0.126 e. The van der Waals surface area contributed by atoms with Crippen LogP contribution in [0.25, 0.3) is 20.8 Å². The summed E-state index contributed by atoms with van der Waals surface area (Å²) in [4.78, 5) is 4.57. The molecule has 0 aliphatic carbocycles. The lowest BCUT2D eigenvalue weighted by atomic mass is 10.2. The maximum Gasteiger partial charge on any atom is 0.126 e. The predicted octanol–water partition coefficient (Wildman–Crippen LogP) is 4.96. The highest BCUT2D eigenvalue weighted by Gasteiger charge is 2.11. The van der Waals surface area contributed by atoms with E-state index in [0.29, 0.717) is 5.69 Å². The van der Waals surface area contributed by atoms with Crippen LogP contribution in [-0.2, 0) is 0 Å². The van der Waals surface area contributed by atoms with Gasteiger partial charge in [-0.05, 0) is 30.3 Å². The summed E-state index contributed by atoms with van der Waals surface area (Å²) in [7, 11) is 0. The van der Waals surface area contributed by atoms with Crippen LogP contribution in [0, 0.1) is 0 Å². The lowest BCUT2D eigenvalue weighted by Crippen LogP contribution is -1.89. The molecule has 0 saturated carbocycles. The molecule has 2 aromatic carbocycles. The molecule has 0 atom stereocenters. The fourth-order valence-electron chi connectivity index (χ4n) is 1.76. The number of thiazole rings is 1. The van der Waals surface area contributed by atoms with Crippen LogP contribution in [0.5, 0.6) is 0 Å². The van der Waals surface area contributed by atoms with Crippen molar-refractivity contribution in [2.45, 2.75) is 0 Å². The third-order valence-electron chi connectivity index (χ3n) is 2.61. The van der Waals surface area contributed by atoms with Crippen molar-refractivity contribution >= 4 is 54.8 Å². The summed E-state index contributed by atoms with van der Waals surface area (Å²) < 4.78 is 1.96. The highest BCUT2D eigenvalue weighted by atomic mass is 79.9. The largest absolute Gasteiger partial charge is 0.398 e. The summed E-state index contributed by atoms with van der Waals surface area (Å²) in [5, 5.41) is 1.62. The SMILES string of the molecule is Nc1cc(Br)ccc1-c1nc2cccc(Cl)c2s1. The second-order valence-corrected chi connectivity index (χ2v) is 6.16. The number of benzene rings is 2. The first-order valence-corrected chi connectivity index (χ1v) is 7.24. The van der Waals surface area contributed by atoms with Gasteiger partial charge in [0.05, 0.1) is 15.2 Å². The molecule has 0 bridgehead atoms. The van der Waals surface area contributed by atoms with Gasteiger partial charge in [-0.3, -0.25) is 0 Å². The topological polar surface area (TPSA) is 38.9 Å². The van der Waals surface area contributed by atoms with E-state index >= 15 is 0 Å². The molecule has 5 heteroatoms.